The third-order valence-corrected chi connectivity index (χ3v) is 6.30. The molecule has 0 amide bonds. The van der Waals surface area contributed by atoms with Crippen LogP contribution < -0.4 is 10.1 Å². The molecule has 2 N–H and O–H groups in total. The number of carbonyl (C=O) groups is 1. The first-order chi connectivity index (χ1) is 10.1. The number of rotatable bonds is 0. The summed E-state index contributed by atoms with van der Waals surface area (Å²) in [5, 5.41) is 15.0. The lowest BCUT2D eigenvalue weighted by Gasteiger charge is -2.59. The molecule has 2 aliphatic heterocycles. The highest BCUT2D eigenvalue weighted by molar-refractivity contribution is 5.89. The van der Waals surface area contributed by atoms with E-state index in [2.05, 4.69) is 17.4 Å². The molecule has 1 unspecified atom stereocenters. The van der Waals surface area contributed by atoms with E-state index in [1.807, 2.05) is 6.92 Å². The van der Waals surface area contributed by atoms with Crippen LogP contribution in [0.1, 0.15) is 36.0 Å². The summed E-state index contributed by atoms with van der Waals surface area (Å²) in [6, 6.07) is 4.26. The van der Waals surface area contributed by atoms with Crippen LogP contribution in [0, 0.1) is 6.92 Å². The van der Waals surface area contributed by atoms with E-state index in [0.717, 1.165) is 36.3 Å². The topological polar surface area (TPSA) is 58.6 Å². The number of nitrogens with one attached hydrogen (secondary N) is 1. The Morgan fingerprint density at radius 3 is 3.10 bits per heavy atom. The van der Waals surface area contributed by atoms with Crippen molar-refractivity contribution in [1.82, 2.24) is 5.32 Å². The molecular formula is C17H19NO3. The molecule has 1 spiro atoms. The summed E-state index contributed by atoms with van der Waals surface area (Å²) in [4.78, 5) is 12.5. The van der Waals surface area contributed by atoms with E-state index in [1.54, 1.807) is 0 Å². The molecule has 5 rings (SSSR count). The predicted molar refractivity (Wildman–Crippen MR) is 76.6 cm³/mol. The first kappa shape index (κ1) is 12.2. The van der Waals surface area contributed by atoms with Gasteiger partial charge in [0.25, 0.3) is 0 Å². The lowest BCUT2D eigenvalue weighted by Crippen LogP contribution is -2.76. The molecule has 2 aliphatic carbocycles. The number of Topliss-reactive ketones (excluding diaryl/α,β-unsaturated/α-hetero) is 1. The Labute approximate surface area is 123 Å². The molecule has 1 saturated heterocycles. The maximum absolute atomic E-state index is 12.5. The van der Waals surface area contributed by atoms with Crippen LogP contribution in [0.4, 0.5) is 0 Å². The number of ether oxygens (including phenoxy) is 1. The second kappa shape index (κ2) is 3.50. The van der Waals surface area contributed by atoms with Gasteiger partial charge in [-0.25, -0.2) is 0 Å². The Morgan fingerprint density at radius 2 is 2.24 bits per heavy atom. The SMILES string of the molecule is Cc1ccc2c3c1OC1C(=O)CC[C@@]4(O)[C@@H](C2)NCC[C@]314. The highest BCUT2D eigenvalue weighted by Crippen LogP contribution is 2.62. The van der Waals surface area contributed by atoms with Crippen molar-refractivity contribution in [3.63, 3.8) is 0 Å². The number of piperidine rings is 1. The zero-order chi connectivity index (χ0) is 14.4. The average molecular weight is 285 g/mol. The largest absolute Gasteiger partial charge is 0.481 e. The smallest absolute Gasteiger partial charge is 0.174 e. The summed E-state index contributed by atoms with van der Waals surface area (Å²) in [5.41, 5.74) is 2.09. The molecule has 4 atom stereocenters. The van der Waals surface area contributed by atoms with Gasteiger partial charge in [-0.15, -0.1) is 0 Å². The molecule has 4 nitrogen and oxygen atoms in total. The molecule has 4 aliphatic rings. The van der Waals surface area contributed by atoms with E-state index in [9.17, 15) is 9.90 Å². The van der Waals surface area contributed by atoms with Crippen LogP contribution >= 0.6 is 0 Å². The minimum absolute atomic E-state index is 0.0339. The fourth-order valence-electron chi connectivity index (χ4n) is 5.37. The van der Waals surface area contributed by atoms with Gasteiger partial charge >= 0.3 is 0 Å². The van der Waals surface area contributed by atoms with Crippen molar-refractivity contribution in [1.29, 1.82) is 0 Å². The van der Waals surface area contributed by atoms with Crippen LogP contribution in [-0.4, -0.2) is 35.2 Å². The molecule has 0 radical (unpaired) electrons. The fraction of sp³-hybridized carbons (Fsp3) is 0.588. The van der Waals surface area contributed by atoms with Crippen LogP contribution in [0.3, 0.4) is 0 Å². The van der Waals surface area contributed by atoms with Gasteiger partial charge in [-0.2, -0.15) is 0 Å². The average Bonchev–Trinajstić information content (AvgIpc) is 2.80. The molecule has 1 aromatic rings. The molecule has 2 heterocycles. The van der Waals surface area contributed by atoms with Gasteiger partial charge < -0.3 is 15.2 Å². The third kappa shape index (κ3) is 1.12. The van der Waals surface area contributed by atoms with Gasteiger partial charge in [-0.1, -0.05) is 12.1 Å². The maximum Gasteiger partial charge on any atom is 0.174 e. The molecule has 4 heteroatoms. The Bertz CT molecular complexity index is 685. The number of ketones is 1. The quantitative estimate of drug-likeness (QED) is 0.747. The second-order valence-electron chi connectivity index (χ2n) is 7.07. The second-order valence-corrected chi connectivity index (χ2v) is 7.07. The van der Waals surface area contributed by atoms with Gasteiger partial charge in [-0.05, 0) is 43.9 Å². The van der Waals surface area contributed by atoms with Crippen molar-refractivity contribution < 1.29 is 14.6 Å². The maximum atomic E-state index is 12.5. The third-order valence-electron chi connectivity index (χ3n) is 6.30. The minimum Gasteiger partial charge on any atom is -0.481 e. The number of benzene rings is 1. The van der Waals surface area contributed by atoms with Gasteiger partial charge in [0.1, 0.15) is 5.75 Å². The van der Waals surface area contributed by atoms with Crippen molar-refractivity contribution in [3.8, 4) is 5.75 Å². The van der Waals surface area contributed by atoms with Crippen LogP contribution in [-0.2, 0) is 16.6 Å². The van der Waals surface area contributed by atoms with E-state index >= 15 is 0 Å². The highest BCUT2D eigenvalue weighted by atomic mass is 16.5. The first-order valence-electron chi connectivity index (χ1n) is 7.86. The molecule has 0 aromatic heterocycles. The summed E-state index contributed by atoms with van der Waals surface area (Å²) in [6.07, 6.45) is 2.08. The van der Waals surface area contributed by atoms with Gasteiger partial charge in [0, 0.05) is 18.0 Å². The summed E-state index contributed by atoms with van der Waals surface area (Å²) >= 11 is 0. The molecule has 1 aromatic carbocycles. The van der Waals surface area contributed by atoms with E-state index in [1.165, 1.54) is 5.56 Å². The Morgan fingerprint density at radius 1 is 1.38 bits per heavy atom. The zero-order valence-corrected chi connectivity index (χ0v) is 12.1. The first-order valence-corrected chi connectivity index (χ1v) is 7.86. The fourth-order valence-corrected chi connectivity index (χ4v) is 5.37. The van der Waals surface area contributed by atoms with Crippen molar-refractivity contribution in [3.05, 3.63) is 28.8 Å². The van der Waals surface area contributed by atoms with E-state index < -0.39 is 17.1 Å². The number of carbonyl (C=O) groups excluding carboxylic acids is 1. The molecule has 1 saturated carbocycles. The van der Waals surface area contributed by atoms with Crippen LogP contribution in [0.15, 0.2) is 12.1 Å². The van der Waals surface area contributed by atoms with Gasteiger partial charge in [0.15, 0.2) is 11.9 Å². The van der Waals surface area contributed by atoms with Crippen LogP contribution in [0.2, 0.25) is 0 Å². The summed E-state index contributed by atoms with van der Waals surface area (Å²) in [7, 11) is 0. The molecule has 21 heavy (non-hydrogen) atoms. The van der Waals surface area contributed by atoms with Crippen molar-refractivity contribution in [2.75, 3.05) is 6.54 Å². The monoisotopic (exact) mass is 285 g/mol. The molecular weight excluding hydrogens is 266 g/mol. The summed E-state index contributed by atoms with van der Waals surface area (Å²) in [5.74, 6) is 1.02. The standard InChI is InChI=1S/C17H19NO3/c1-9-2-3-10-8-12-17(20)5-4-11(19)15-16(17,6-7-18-12)13(10)14(9)21-15/h2-3,12,15,18,20H,4-8H2,1H3/t12-,15?,16+,17-/m1/s1. The van der Waals surface area contributed by atoms with E-state index in [4.69, 9.17) is 4.74 Å². The molecule has 2 bridgehead atoms. The Hall–Kier alpha value is -1.39. The van der Waals surface area contributed by atoms with Crippen molar-refractivity contribution >= 4 is 5.78 Å². The van der Waals surface area contributed by atoms with Gasteiger partial charge in [0.05, 0.1) is 11.0 Å². The normalized spacial score (nSPS) is 42.5. The van der Waals surface area contributed by atoms with Crippen LogP contribution in [0.25, 0.3) is 0 Å². The summed E-state index contributed by atoms with van der Waals surface area (Å²) in [6.45, 7) is 2.87. The van der Waals surface area contributed by atoms with E-state index in [-0.39, 0.29) is 11.8 Å². The molecule has 2 fully saturated rings. The van der Waals surface area contributed by atoms with Gasteiger partial charge in [0.2, 0.25) is 0 Å². The minimum atomic E-state index is -0.851. The Kier molecular flexibility index (Phi) is 2.03. The molecule has 110 valence electrons. The predicted octanol–water partition coefficient (Wildman–Crippen LogP) is 1.01. The van der Waals surface area contributed by atoms with Crippen LogP contribution in [0.5, 0.6) is 5.75 Å². The van der Waals surface area contributed by atoms with Gasteiger partial charge in [-0.3, -0.25) is 4.79 Å². The number of aliphatic hydroxyl groups is 1. The Balaban J connectivity index is 1.89. The lowest BCUT2D eigenvalue weighted by atomic mass is 9.49. The highest BCUT2D eigenvalue weighted by Gasteiger charge is 2.71. The van der Waals surface area contributed by atoms with E-state index in [0.29, 0.717) is 12.8 Å². The lowest BCUT2D eigenvalue weighted by molar-refractivity contribution is -0.166. The number of hydrogen-bond donors (Lipinski definition) is 2. The van der Waals surface area contributed by atoms with Crippen molar-refractivity contribution in [2.24, 2.45) is 0 Å². The zero-order valence-electron chi connectivity index (χ0n) is 12.1. The van der Waals surface area contributed by atoms with Crippen molar-refractivity contribution in [2.45, 2.75) is 55.8 Å². The summed E-state index contributed by atoms with van der Waals surface area (Å²) < 4.78 is 6.15. The number of aryl methyl sites for hydroxylation is 1. The number of hydrogen-bond acceptors (Lipinski definition) is 4.